The second-order valence-corrected chi connectivity index (χ2v) is 24.7. The predicted molar refractivity (Wildman–Crippen MR) is 311 cm³/mol. The van der Waals surface area contributed by atoms with Gasteiger partial charge in [-0.05, 0) is 106 Å². The maximum Gasteiger partial charge on any atom is 0.239 e. The highest BCUT2D eigenvalue weighted by molar-refractivity contribution is 8.22. The van der Waals surface area contributed by atoms with E-state index >= 15 is 0 Å². The summed E-state index contributed by atoms with van der Waals surface area (Å²) in [6, 6.07) is 8.67. The number of ketones is 1. The topological polar surface area (TPSA) is 70.4 Å². The summed E-state index contributed by atoms with van der Waals surface area (Å²) in [6.07, 6.45) is 24.2. The molecular weight excluding hydrogens is 953 g/mol. The molecule has 0 saturated heterocycles. The quantitative estimate of drug-likeness (QED) is 0.0526. The predicted octanol–water partition coefficient (Wildman–Crippen LogP) is 15.1. The fourth-order valence-corrected chi connectivity index (χ4v) is 14.2. The van der Waals surface area contributed by atoms with Gasteiger partial charge >= 0.3 is 0 Å². The highest BCUT2D eigenvalue weighted by Gasteiger charge is 2.34. The molecule has 0 radical (unpaired) electrons. The minimum Gasteiger partial charge on any atom is -0.871 e. The largest absolute Gasteiger partial charge is 0.871 e. The molecule has 68 heavy (non-hydrogen) atoms. The number of unbranched alkanes of at least 4 members (excludes halogenated alkanes) is 4. The molecule has 12 heteroatoms. The number of thioether (sulfide) groups is 1. The first-order valence-corrected chi connectivity index (χ1v) is 30.3. The van der Waals surface area contributed by atoms with Gasteiger partial charge in [0.25, 0.3) is 0 Å². The van der Waals surface area contributed by atoms with Gasteiger partial charge in [0.05, 0.1) is 35.8 Å². The molecule has 0 fully saturated rings. The summed E-state index contributed by atoms with van der Waals surface area (Å²) in [7, 11) is 0. The number of carbonyl (C=O) groups excluding carboxylic acids is 1. The lowest BCUT2D eigenvalue weighted by atomic mass is 9.86. The van der Waals surface area contributed by atoms with E-state index in [4.69, 9.17) is 24.4 Å². The molecule has 4 unspecified atom stereocenters. The molecule has 3 aromatic heterocycles. The third-order valence-corrected chi connectivity index (χ3v) is 19.0. The third-order valence-electron chi connectivity index (χ3n) is 13.8. The van der Waals surface area contributed by atoms with Gasteiger partial charge in [-0.2, -0.15) is 0 Å². The average Bonchev–Trinajstić information content (AvgIpc) is 4.16. The average molecular weight is 1040 g/mol. The van der Waals surface area contributed by atoms with Gasteiger partial charge in [0.2, 0.25) is 5.04 Å². The van der Waals surface area contributed by atoms with Crippen molar-refractivity contribution in [2.24, 2.45) is 23.7 Å². The number of allylic oxidation sites excluding steroid dienone is 2. The molecule has 0 amide bonds. The maximum absolute atomic E-state index is 14.5. The summed E-state index contributed by atoms with van der Waals surface area (Å²) in [4.78, 5) is 22.3. The Morgan fingerprint density at radius 1 is 0.662 bits per heavy atom. The van der Waals surface area contributed by atoms with Gasteiger partial charge in [0, 0.05) is 61.3 Å². The van der Waals surface area contributed by atoms with Crippen LogP contribution in [-0.2, 0) is 4.79 Å². The molecule has 2 N–H and O–H groups in total. The van der Waals surface area contributed by atoms with E-state index in [1.54, 1.807) is 0 Å². The Kier molecular flexibility index (Phi) is 23.5. The Labute approximate surface area is 438 Å². The Hall–Kier alpha value is -2.61. The van der Waals surface area contributed by atoms with E-state index in [1.165, 1.54) is 135 Å². The van der Waals surface area contributed by atoms with Crippen molar-refractivity contribution in [2.75, 3.05) is 41.7 Å². The second kappa shape index (κ2) is 28.4. The van der Waals surface area contributed by atoms with Crippen LogP contribution in [0.3, 0.4) is 0 Å². The van der Waals surface area contributed by atoms with Crippen LogP contribution in [0.1, 0.15) is 177 Å². The lowest BCUT2D eigenvalue weighted by molar-refractivity contribution is -0.539. The molecule has 4 atom stereocenters. The summed E-state index contributed by atoms with van der Waals surface area (Å²) in [6.45, 7) is 26.5. The van der Waals surface area contributed by atoms with Crippen molar-refractivity contribution in [3.63, 3.8) is 0 Å². The van der Waals surface area contributed by atoms with Crippen LogP contribution in [0.2, 0.25) is 0 Å². The molecule has 5 rings (SSSR count). The molecule has 1 aliphatic carbocycles. The van der Waals surface area contributed by atoms with Crippen LogP contribution in [-0.4, -0.2) is 51.6 Å². The first-order valence-electron chi connectivity index (χ1n) is 26.2. The van der Waals surface area contributed by atoms with Crippen LogP contribution in [0.5, 0.6) is 0 Å². The third kappa shape index (κ3) is 15.2. The zero-order valence-electron chi connectivity index (χ0n) is 43.1. The number of rotatable bonds is 29. The van der Waals surface area contributed by atoms with Gasteiger partial charge in [0.1, 0.15) is 13.1 Å². The zero-order chi connectivity index (χ0) is 49.3. The van der Waals surface area contributed by atoms with Gasteiger partial charge in [-0.25, -0.2) is 4.58 Å². The van der Waals surface area contributed by atoms with E-state index in [2.05, 4.69) is 112 Å². The number of nitrogens with zero attached hydrogens (tertiary/aromatic N) is 2. The standard InChI is InChI=1S/C56H82N4O2S6/c1-11-19-23-39(15-5)33-59(34-40(16-6)24-20-12-2)49-29-27-45(65-49)47-31-43(57-37(9)63)55(67-47)51-53(61)52(54(51)62)56-44(58-38(10)64)32-48(68-56)46-28-30-50(66-46)60(35-41(17-7)25-21-13-3)36-42(18-8)26-22-14-4/h27-32,39-42H,11-26,33-36H2,1-10H3,(H2,57,58,61,62,63,64). The zero-order valence-corrected chi connectivity index (χ0v) is 48.0. The highest BCUT2D eigenvalue weighted by Crippen LogP contribution is 2.48. The minimum atomic E-state index is -0.228. The second-order valence-electron chi connectivity index (χ2n) is 19.2. The number of hydrogen-bond donors (Lipinski definition) is 2. The van der Waals surface area contributed by atoms with E-state index < -0.39 is 0 Å². The van der Waals surface area contributed by atoms with E-state index in [0.717, 1.165) is 45.4 Å². The van der Waals surface area contributed by atoms with Gasteiger partial charge in [0.15, 0.2) is 5.78 Å². The lowest BCUT2D eigenvalue weighted by Gasteiger charge is -2.31. The Balaban J connectivity index is 1.55. The van der Waals surface area contributed by atoms with Crippen LogP contribution >= 0.6 is 70.2 Å². The molecule has 0 saturated carbocycles. The molecule has 0 aromatic carbocycles. The van der Waals surface area contributed by atoms with Crippen LogP contribution < -0.4 is 29.7 Å². The number of hydrogen-bond acceptors (Lipinski definition) is 9. The van der Waals surface area contributed by atoms with Crippen molar-refractivity contribution in [1.29, 1.82) is 0 Å². The number of thiocarbonyl (C=S) groups is 2. The van der Waals surface area contributed by atoms with E-state index in [0.29, 0.717) is 54.4 Å². The normalized spacial score (nSPS) is 17.1. The van der Waals surface area contributed by atoms with Crippen molar-refractivity contribution in [2.45, 2.75) is 172 Å². The van der Waals surface area contributed by atoms with Crippen molar-refractivity contribution >= 4 is 123 Å². The number of nitrogens with one attached hydrogen (secondary N) is 2. The first-order chi connectivity index (χ1) is 32.8. The monoisotopic (exact) mass is 1030 g/mol. The molecule has 3 aromatic rings. The van der Waals surface area contributed by atoms with Gasteiger partial charge in [-0.3, -0.25) is 4.79 Å². The lowest BCUT2D eigenvalue weighted by Crippen LogP contribution is -2.33. The summed E-state index contributed by atoms with van der Waals surface area (Å²) < 4.78 is 4.34. The summed E-state index contributed by atoms with van der Waals surface area (Å²) in [5, 5.41) is 23.8. The number of thiophene rings is 3. The van der Waals surface area contributed by atoms with Gasteiger partial charge in [-0.1, -0.05) is 150 Å². The highest BCUT2D eigenvalue weighted by atomic mass is 32.2. The van der Waals surface area contributed by atoms with Crippen LogP contribution in [0.25, 0.3) is 25.8 Å². The van der Waals surface area contributed by atoms with Gasteiger partial charge in [-0.15, -0.1) is 34.0 Å². The van der Waals surface area contributed by atoms with Crippen molar-refractivity contribution in [3.05, 3.63) is 56.1 Å². The molecule has 1 aliphatic heterocycles. The van der Waals surface area contributed by atoms with E-state index in [9.17, 15) is 9.90 Å². The minimum absolute atomic E-state index is 0.228. The van der Waals surface area contributed by atoms with Crippen LogP contribution in [0.15, 0.2) is 42.2 Å². The molecule has 6 nitrogen and oxygen atoms in total. The molecule has 2 aliphatic rings. The molecule has 374 valence electrons. The fraction of sp³-hybridized carbons (Fsp3) is 0.607. The summed E-state index contributed by atoms with van der Waals surface area (Å²) >= 11 is 17.8. The SMILES string of the molecule is CCCCC(CC)CN(CC(CC)CCCC)c1ccc(-c2cc(NC(C)=S)c(C3=C([O-])/C(=c4/s/c(=C5\C=CC(=[N+](CC(CC)CCCC)CC(CC)CCCC)S5)cc4NC(C)=S)C3=O)s2)s1. The molecule has 0 bridgehead atoms. The Morgan fingerprint density at radius 2 is 1.19 bits per heavy atom. The van der Waals surface area contributed by atoms with Crippen LogP contribution in [0, 0.1) is 23.7 Å². The van der Waals surface area contributed by atoms with E-state index in [-0.39, 0.29) is 22.7 Å². The number of anilines is 3. The number of Topliss-reactive ketones (excluding diaryl/α,β-unsaturated/α-hetero) is 1. The smallest absolute Gasteiger partial charge is 0.239 e. The van der Waals surface area contributed by atoms with E-state index in [1.807, 2.05) is 36.9 Å². The van der Waals surface area contributed by atoms with Crippen molar-refractivity contribution in [3.8, 4) is 9.75 Å². The van der Waals surface area contributed by atoms with Crippen molar-refractivity contribution < 1.29 is 14.5 Å². The van der Waals surface area contributed by atoms with Crippen molar-refractivity contribution in [1.82, 2.24) is 0 Å². The Bertz CT molecular complexity index is 2340. The summed E-state index contributed by atoms with van der Waals surface area (Å²) in [5.74, 6) is 2.17. The Morgan fingerprint density at radius 3 is 1.69 bits per heavy atom. The first kappa shape index (κ1) is 56.3. The molecule has 0 spiro atoms. The summed E-state index contributed by atoms with van der Waals surface area (Å²) in [5.41, 5.74) is 1.89. The van der Waals surface area contributed by atoms with Gasteiger partial charge < -0.3 is 20.6 Å². The molecule has 4 heterocycles. The maximum atomic E-state index is 14.5. The number of carbonyl (C=O) groups is 1. The van der Waals surface area contributed by atoms with Crippen LogP contribution in [0.4, 0.5) is 16.4 Å². The molecular formula is C56H82N4O2S6. The fourth-order valence-electron chi connectivity index (χ4n) is 9.45.